The van der Waals surface area contributed by atoms with Crippen LogP contribution in [-0.4, -0.2) is 51.9 Å². The van der Waals surface area contributed by atoms with E-state index in [1.165, 1.54) is 11.9 Å². The second kappa shape index (κ2) is 8.40. The van der Waals surface area contributed by atoms with E-state index in [2.05, 4.69) is 33.9 Å². The van der Waals surface area contributed by atoms with E-state index in [-0.39, 0.29) is 0 Å². The van der Waals surface area contributed by atoms with Gasteiger partial charge in [-0.05, 0) is 76.4 Å². The van der Waals surface area contributed by atoms with Crippen LogP contribution in [0.4, 0.5) is 5.82 Å². The average molecular weight is 429 g/mol. The molecule has 30 heavy (non-hydrogen) atoms. The van der Waals surface area contributed by atoms with Gasteiger partial charge in [-0.3, -0.25) is 0 Å². The van der Waals surface area contributed by atoms with Crippen LogP contribution in [0, 0.1) is 13.8 Å². The zero-order valence-electron chi connectivity index (χ0n) is 18.1. The lowest BCUT2D eigenvalue weighted by Crippen LogP contribution is -2.29. The number of ether oxygens (including phenoxy) is 1. The predicted molar refractivity (Wildman–Crippen MR) is 120 cm³/mol. The van der Waals surface area contributed by atoms with Crippen molar-refractivity contribution >= 4 is 28.5 Å². The summed E-state index contributed by atoms with van der Waals surface area (Å²) < 4.78 is 7.84. The first-order chi connectivity index (χ1) is 14.4. The normalized spacial score (nSPS) is 15.8. The number of aromatic nitrogens is 4. The van der Waals surface area contributed by atoms with Gasteiger partial charge in [0.25, 0.3) is 0 Å². The fourth-order valence-electron chi connectivity index (χ4n) is 4.61. The van der Waals surface area contributed by atoms with E-state index in [0.29, 0.717) is 18.3 Å². The number of hydrogen-bond acceptors (Lipinski definition) is 6. The van der Waals surface area contributed by atoms with Crippen molar-refractivity contribution in [2.45, 2.75) is 45.6 Å². The number of nitrogen functional groups attached to an aromatic ring is 1. The van der Waals surface area contributed by atoms with Crippen molar-refractivity contribution in [3.8, 4) is 5.75 Å². The molecule has 3 aromatic rings. The predicted octanol–water partition coefficient (Wildman–Crippen LogP) is 3.74. The first kappa shape index (κ1) is 20.9. The minimum absolute atomic E-state index is 0.462. The molecule has 0 bridgehead atoms. The number of hydrogen-bond donors (Lipinski definition) is 1. The molecule has 0 radical (unpaired) electrons. The van der Waals surface area contributed by atoms with Crippen molar-refractivity contribution in [3.05, 3.63) is 39.8 Å². The van der Waals surface area contributed by atoms with E-state index in [1.807, 2.05) is 17.7 Å². The molecular weight excluding hydrogens is 400 g/mol. The summed E-state index contributed by atoms with van der Waals surface area (Å²) in [5.74, 6) is 1.90. The van der Waals surface area contributed by atoms with Crippen molar-refractivity contribution < 1.29 is 4.74 Å². The van der Waals surface area contributed by atoms with Crippen LogP contribution in [0.25, 0.3) is 11.0 Å². The molecule has 0 unspecified atom stereocenters. The molecule has 0 saturated carbocycles. The van der Waals surface area contributed by atoms with Crippen molar-refractivity contribution in [1.82, 2.24) is 24.6 Å². The van der Waals surface area contributed by atoms with E-state index < -0.39 is 0 Å². The number of halogens is 1. The molecule has 1 aromatic carbocycles. The summed E-state index contributed by atoms with van der Waals surface area (Å²) in [6.45, 7) is 6.87. The molecule has 1 aliphatic heterocycles. The molecule has 0 spiro atoms. The highest BCUT2D eigenvalue weighted by atomic mass is 35.5. The lowest BCUT2D eigenvalue weighted by Gasteiger charge is -2.32. The van der Waals surface area contributed by atoms with Crippen LogP contribution in [-0.2, 0) is 13.0 Å². The molecule has 3 heterocycles. The van der Waals surface area contributed by atoms with Crippen molar-refractivity contribution in [1.29, 1.82) is 0 Å². The minimum atomic E-state index is 0.462. The molecule has 8 heteroatoms. The van der Waals surface area contributed by atoms with Crippen LogP contribution in [0.15, 0.2) is 12.4 Å². The standard InChI is InChI=1S/C22H29ClN6O/c1-13-17(23)11-16(20(30-4)18(13)15-5-8-28(3)9-6-15)7-10-29-22-19(14(2)27-29)21(24)25-12-26-22/h11-12,15H,5-10H2,1-4H3,(H2,24,25,26). The lowest BCUT2D eigenvalue weighted by molar-refractivity contribution is 0.252. The molecular formula is C22H29ClN6O. The highest BCUT2D eigenvalue weighted by Crippen LogP contribution is 2.41. The smallest absolute Gasteiger partial charge is 0.163 e. The van der Waals surface area contributed by atoms with Crippen molar-refractivity contribution in [2.24, 2.45) is 0 Å². The van der Waals surface area contributed by atoms with Crippen molar-refractivity contribution in [3.63, 3.8) is 0 Å². The first-order valence-electron chi connectivity index (χ1n) is 10.4. The quantitative estimate of drug-likeness (QED) is 0.666. The van der Waals surface area contributed by atoms with Crippen LogP contribution in [0.5, 0.6) is 5.75 Å². The fourth-order valence-corrected chi connectivity index (χ4v) is 4.84. The van der Waals surface area contributed by atoms with Crippen LogP contribution < -0.4 is 10.5 Å². The molecule has 4 rings (SSSR count). The maximum atomic E-state index is 6.67. The van der Waals surface area contributed by atoms with Gasteiger partial charge in [-0.2, -0.15) is 5.10 Å². The van der Waals surface area contributed by atoms with Crippen molar-refractivity contribution in [2.75, 3.05) is 33.0 Å². The number of methoxy groups -OCH3 is 1. The maximum absolute atomic E-state index is 6.67. The zero-order chi connectivity index (χ0) is 21.4. The van der Waals surface area contributed by atoms with Gasteiger partial charge in [0.2, 0.25) is 0 Å². The molecule has 2 aromatic heterocycles. The number of fused-ring (bicyclic) bond motifs is 1. The monoisotopic (exact) mass is 428 g/mol. The third-order valence-corrected chi connectivity index (χ3v) is 6.65. The third-order valence-electron chi connectivity index (χ3n) is 6.26. The number of anilines is 1. The Kier molecular flexibility index (Phi) is 5.84. The van der Waals surface area contributed by atoms with Gasteiger partial charge in [0.15, 0.2) is 5.65 Å². The Morgan fingerprint density at radius 3 is 2.67 bits per heavy atom. The molecule has 2 N–H and O–H groups in total. The number of nitrogens with zero attached hydrogens (tertiary/aromatic N) is 5. The highest BCUT2D eigenvalue weighted by Gasteiger charge is 2.26. The molecule has 1 fully saturated rings. The largest absolute Gasteiger partial charge is 0.496 e. The van der Waals surface area contributed by atoms with E-state index in [4.69, 9.17) is 22.1 Å². The SMILES string of the molecule is COc1c(CCn2nc(C)c3c(N)ncnc32)cc(Cl)c(C)c1C1CCN(C)CC1. The van der Waals surface area contributed by atoms with Gasteiger partial charge in [0, 0.05) is 17.1 Å². The van der Waals surface area contributed by atoms with Gasteiger partial charge in [-0.15, -0.1) is 0 Å². The van der Waals surface area contributed by atoms with Crippen LogP contribution in [0.3, 0.4) is 0 Å². The van der Waals surface area contributed by atoms with Gasteiger partial charge in [0.1, 0.15) is 17.9 Å². The fraction of sp³-hybridized carbons (Fsp3) is 0.500. The second-order valence-electron chi connectivity index (χ2n) is 8.18. The summed E-state index contributed by atoms with van der Waals surface area (Å²) in [7, 11) is 3.93. The van der Waals surface area contributed by atoms with Crippen LogP contribution >= 0.6 is 11.6 Å². The average Bonchev–Trinajstić information content (AvgIpc) is 3.06. The lowest BCUT2D eigenvalue weighted by atomic mass is 9.84. The third kappa shape index (κ3) is 3.72. The molecule has 7 nitrogen and oxygen atoms in total. The van der Waals surface area contributed by atoms with Crippen LogP contribution in [0.2, 0.25) is 5.02 Å². The summed E-state index contributed by atoms with van der Waals surface area (Å²) in [4.78, 5) is 10.9. The molecule has 1 aliphatic rings. The summed E-state index contributed by atoms with van der Waals surface area (Å²) >= 11 is 6.67. The van der Waals surface area contributed by atoms with E-state index in [9.17, 15) is 0 Å². The van der Waals surface area contributed by atoms with Gasteiger partial charge in [-0.25, -0.2) is 14.6 Å². The van der Waals surface area contributed by atoms with Crippen LogP contribution in [0.1, 0.15) is 41.1 Å². The Morgan fingerprint density at radius 2 is 1.97 bits per heavy atom. The minimum Gasteiger partial charge on any atom is -0.496 e. The Hall–Kier alpha value is -2.38. The number of benzene rings is 1. The summed E-state index contributed by atoms with van der Waals surface area (Å²) in [5, 5.41) is 6.25. The Morgan fingerprint density at radius 1 is 1.23 bits per heavy atom. The van der Waals surface area contributed by atoms with E-state index in [0.717, 1.165) is 71.0 Å². The molecule has 0 amide bonds. The molecule has 0 atom stereocenters. The number of piperidine rings is 1. The van der Waals surface area contributed by atoms with E-state index >= 15 is 0 Å². The molecule has 160 valence electrons. The topological polar surface area (TPSA) is 82.1 Å². The Balaban J connectivity index is 1.67. The first-order valence-corrected chi connectivity index (χ1v) is 10.8. The number of nitrogens with two attached hydrogens (primary N) is 1. The Labute approximate surface area is 182 Å². The van der Waals surface area contributed by atoms with Gasteiger partial charge >= 0.3 is 0 Å². The highest BCUT2D eigenvalue weighted by molar-refractivity contribution is 6.31. The Bertz CT molecular complexity index is 1070. The van der Waals surface area contributed by atoms with Gasteiger partial charge < -0.3 is 15.4 Å². The summed E-state index contributed by atoms with van der Waals surface area (Å²) in [6.07, 6.45) is 4.46. The van der Waals surface area contributed by atoms with Gasteiger partial charge in [0.05, 0.1) is 18.2 Å². The number of aryl methyl sites for hydroxylation is 3. The van der Waals surface area contributed by atoms with Gasteiger partial charge in [-0.1, -0.05) is 11.6 Å². The maximum Gasteiger partial charge on any atom is 0.163 e. The molecule has 1 saturated heterocycles. The number of rotatable bonds is 5. The second-order valence-corrected chi connectivity index (χ2v) is 8.59. The number of likely N-dealkylation sites (tertiary alicyclic amines) is 1. The zero-order valence-corrected chi connectivity index (χ0v) is 18.8. The van der Waals surface area contributed by atoms with E-state index in [1.54, 1.807) is 7.11 Å². The summed E-state index contributed by atoms with van der Waals surface area (Å²) in [6, 6.07) is 2.04. The molecule has 0 aliphatic carbocycles. The summed E-state index contributed by atoms with van der Waals surface area (Å²) in [5.41, 5.74) is 11.1.